The van der Waals surface area contributed by atoms with Crippen molar-refractivity contribution in [1.29, 1.82) is 0 Å². The second kappa shape index (κ2) is 37.3. The van der Waals surface area contributed by atoms with Gasteiger partial charge < -0.3 is 19.7 Å². The van der Waals surface area contributed by atoms with E-state index in [1.165, 1.54) is 89.9 Å². The summed E-state index contributed by atoms with van der Waals surface area (Å²) in [6.45, 7) is 4.18. The molecule has 2 unspecified atom stereocenters. The lowest BCUT2D eigenvalue weighted by Gasteiger charge is -2.20. The molecule has 0 fully saturated rings. The first-order valence-corrected chi connectivity index (χ1v) is 21.8. The van der Waals surface area contributed by atoms with E-state index in [1.54, 1.807) is 7.05 Å². The van der Waals surface area contributed by atoms with Crippen molar-refractivity contribution in [2.24, 2.45) is 0 Å². The van der Waals surface area contributed by atoms with Crippen molar-refractivity contribution in [2.45, 2.75) is 187 Å². The fraction of sp³-hybridized carbons (Fsp3) is 0.850. The monoisotopic (exact) mass is 730 g/mol. The summed E-state index contributed by atoms with van der Waals surface area (Å²) in [6, 6.07) is 0. The third kappa shape index (κ3) is 36.3. The number of unbranched alkanes of at least 4 members (excludes halogenated alkanes) is 20. The Labute approximate surface area is 306 Å². The molecule has 0 aliphatic heterocycles. The summed E-state index contributed by atoms with van der Waals surface area (Å²) in [4.78, 5) is 34.9. The number of phosphoric ester groups is 1. The van der Waals surface area contributed by atoms with Gasteiger partial charge in [-0.25, -0.2) is 4.57 Å². The zero-order valence-electron chi connectivity index (χ0n) is 32.4. The minimum atomic E-state index is -4.34. The van der Waals surface area contributed by atoms with Crippen LogP contribution in [0, 0.1) is 0 Å². The zero-order valence-corrected chi connectivity index (χ0v) is 33.2. The summed E-state index contributed by atoms with van der Waals surface area (Å²) in [5.41, 5.74) is 0. The molecule has 10 heteroatoms. The fourth-order valence-corrected chi connectivity index (χ4v) is 6.17. The first-order chi connectivity index (χ1) is 24.3. The largest absolute Gasteiger partial charge is 0.472 e. The Kier molecular flexibility index (Phi) is 36.1. The Bertz CT molecular complexity index is 881. The number of carbonyl (C=O) groups excluding carboxylic acids is 2. The minimum absolute atomic E-state index is 0.0182. The maximum atomic E-state index is 12.6. The van der Waals surface area contributed by atoms with Gasteiger partial charge in [0.05, 0.1) is 13.2 Å². The van der Waals surface area contributed by atoms with Gasteiger partial charge in [0.2, 0.25) is 0 Å². The van der Waals surface area contributed by atoms with Crippen LogP contribution in [0.1, 0.15) is 181 Å². The topological polar surface area (TPSA) is 120 Å². The number of carbonyl (C=O) groups is 2. The molecule has 0 aromatic carbocycles. The van der Waals surface area contributed by atoms with Gasteiger partial charge in [0.15, 0.2) is 6.10 Å². The first kappa shape index (κ1) is 48.5. The molecule has 2 N–H and O–H groups in total. The van der Waals surface area contributed by atoms with Crippen molar-refractivity contribution < 1.29 is 37.6 Å². The molecule has 0 radical (unpaired) electrons. The van der Waals surface area contributed by atoms with Crippen LogP contribution in [-0.4, -0.2) is 56.3 Å². The smallest absolute Gasteiger partial charge is 0.462 e. The Morgan fingerprint density at radius 3 is 1.48 bits per heavy atom. The molecule has 0 aliphatic rings. The van der Waals surface area contributed by atoms with E-state index < -0.39 is 26.5 Å². The number of hydrogen-bond acceptors (Lipinski definition) is 8. The number of rotatable bonds is 38. The highest BCUT2D eigenvalue weighted by atomic mass is 31.2. The van der Waals surface area contributed by atoms with Crippen LogP contribution in [-0.2, 0) is 32.7 Å². The molecule has 9 nitrogen and oxygen atoms in total. The number of likely N-dealkylation sites (N-methyl/N-ethyl adjacent to an activating group) is 1. The van der Waals surface area contributed by atoms with Crippen LogP contribution in [0.2, 0.25) is 0 Å². The van der Waals surface area contributed by atoms with Crippen LogP contribution in [0.15, 0.2) is 24.3 Å². The van der Waals surface area contributed by atoms with Crippen LogP contribution >= 0.6 is 7.82 Å². The van der Waals surface area contributed by atoms with E-state index in [1.807, 2.05) is 0 Å². The lowest BCUT2D eigenvalue weighted by molar-refractivity contribution is -0.161. The number of esters is 2. The van der Waals surface area contributed by atoms with Crippen molar-refractivity contribution in [1.82, 2.24) is 5.32 Å². The molecule has 0 aromatic heterocycles. The SMILES string of the molecule is CCCCCC/C=C\CCCCCCCCCC(=O)OCC(COP(=O)(O)OCCNC)OC(=O)CCCCCCC/C=C\CCCCCC. The Morgan fingerprint density at radius 1 is 0.600 bits per heavy atom. The van der Waals surface area contributed by atoms with Gasteiger partial charge in [-0.05, 0) is 71.3 Å². The summed E-state index contributed by atoms with van der Waals surface area (Å²) in [6.07, 6.45) is 36.4. The van der Waals surface area contributed by atoms with Gasteiger partial charge in [-0.1, -0.05) is 128 Å². The maximum Gasteiger partial charge on any atom is 0.472 e. The van der Waals surface area contributed by atoms with Gasteiger partial charge in [0.25, 0.3) is 0 Å². The standard InChI is InChI=1S/C40H76NO8P/c1-4-6-8-10-12-14-16-18-19-21-22-24-26-28-30-32-39(42)46-36-38(37-48-50(44,45)47-35-34-41-3)49-40(43)33-31-29-27-25-23-20-17-15-13-11-9-7-5-2/h14-17,38,41H,4-13,18-37H2,1-3H3,(H,44,45)/b16-14-,17-15-. The Morgan fingerprint density at radius 2 is 1.02 bits per heavy atom. The van der Waals surface area contributed by atoms with Crippen LogP contribution in [0.3, 0.4) is 0 Å². The quantitative estimate of drug-likeness (QED) is 0.0277. The summed E-state index contributed by atoms with van der Waals surface area (Å²) in [5.74, 6) is -0.820. The first-order valence-electron chi connectivity index (χ1n) is 20.3. The van der Waals surface area contributed by atoms with Gasteiger partial charge in [0, 0.05) is 19.4 Å². The van der Waals surface area contributed by atoms with Crippen LogP contribution in [0.4, 0.5) is 0 Å². The highest BCUT2D eigenvalue weighted by Gasteiger charge is 2.26. The molecule has 0 spiro atoms. The van der Waals surface area contributed by atoms with Crippen LogP contribution < -0.4 is 5.32 Å². The van der Waals surface area contributed by atoms with E-state index in [2.05, 4.69) is 43.5 Å². The Hall–Kier alpha value is -1.51. The predicted octanol–water partition coefficient (Wildman–Crippen LogP) is 11.1. The third-order valence-corrected chi connectivity index (χ3v) is 9.53. The van der Waals surface area contributed by atoms with Crippen molar-refractivity contribution in [3.63, 3.8) is 0 Å². The van der Waals surface area contributed by atoms with Gasteiger partial charge in [-0.3, -0.25) is 18.6 Å². The van der Waals surface area contributed by atoms with Crippen molar-refractivity contribution in [3.05, 3.63) is 24.3 Å². The average Bonchev–Trinajstić information content (AvgIpc) is 3.09. The van der Waals surface area contributed by atoms with Gasteiger partial charge in [0.1, 0.15) is 6.61 Å². The number of ether oxygens (including phenoxy) is 2. The van der Waals surface area contributed by atoms with E-state index in [4.69, 9.17) is 18.5 Å². The molecule has 0 rings (SSSR count). The molecule has 50 heavy (non-hydrogen) atoms. The molecule has 0 saturated heterocycles. The van der Waals surface area contributed by atoms with Gasteiger partial charge in [-0.15, -0.1) is 0 Å². The molecule has 0 saturated carbocycles. The number of allylic oxidation sites excluding steroid dienone is 4. The second-order valence-electron chi connectivity index (χ2n) is 13.5. The molecule has 2 atom stereocenters. The van der Waals surface area contributed by atoms with Crippen LogP contribution in [0.5, 0.6) is 0 Å². The van der Waals surface area contributed by atoms with E-state index in [0.717, 1.165) is 57.8 Å². The fourth-order valence-electron chi connectivity index (χ4n) is 5.42. The molecule has 0 aliphatic carbocycles. The van der Waals surface area contributed by atoms with Crippen molar-refractivity contribution >= 4 is 19.8 Å². The van der Waals surface area contributed by atoms with Crippen molar-refractivity contribution in [2.75, 3.05) is 33.4 Å². The lowest BCUT2D eigenvalue weighted by Crippen LogP contribution is -2.29. The van der Waals surface area contributed by atoms with E-state index in [9.17, 15) is 19.0 Å². The summed E-state index contributed by atoms with van der Waals surface area (Å²) >= 11 is 0. The highest BCUT2D eigenvalue weighted by Crippen LogP contribution is 2.43. The molecular formula is C40H76NO8P. The number of nitrogens with one attached hydrogen (secondary N) is 1. The number of phosphoric acid groups is 1. The van der Waals surface area contributed by atoms with Crippen LogP contribution in [0.25, 0.3) is 0 Å². The summed E-state index contributed by atoms with van der Waals surface area (Å²) < 4.78 is 33.1. The normalized spacial score (nSPS) is 13.6. The molecule has 0 amide bonds. The summed E-state index contributed by atoms with van der Waals surface area (Å²) in [7, 11) is -2.65. The third-order valence-electron chi connectivity index (χ3n) is 8.54. The molecule has 0 aromatic rings. The Balaban J connectivity index is 4.27. The minimum Gasteiger partial charge on any atom is -0.462 e. The van der Waals surface area contributed by atoms with E-state index in [0.29, 0.717) is 13.0 Å². The predicted molar refractivity (Wildman–Crippen MR) is 206 cm³/mol. The van der Waals surface area contributed by atoms with Crippen molar-refractivity contribution in [3.8, 4) is 0 Å². The highest BCUT2D eigenvalue weighted by molar-refractivity contribution is 7.47. The van der Waals surface area contributed by atoms with E-state index >= 15 is 0 Å². The molecular weight excluding hydrogens is 653 g/mol. The second-order valence-corrected chi connectivity index (χ2v) is 14.9. The maximum absolute atomic E-state index is 12.6. The van der Waals surface area contributed by atoms with Gasteiger partial charge in [-0.2, -0.15) is 0 Å². The zero-order chi connectivity index (χ0) is 36.8. The number of hydrogen-bond donors (Lipinski definition) is 2. The average molecular weight is 730 g/mol. The molecule has 294 valence electrons. The van der Waals surface area contributed by atoms with E-state index in [-0.39, 0.29) is 32.0 Å². The molecule has 0 heterocycles. The lowest BCUT2D eigenvalue weighted by atomic mass is 10.1. The molecule has 0 bridgehead atoms. The summed E-state index contributed by atoms with van der Waals surface area (Å²) in [5, 5.41) is 2.82. The van der Waals surface area contributed by atoms with Gasteiger partial charge >= 0.3 is 19.8 Å².